The van der Waals surface area contributed by atoms with Crippen molar-refractivity contribution in [3.8, 4) is 22.4 Å². The van der Waals surface area contributed by atoms with Crippen molar-refractivity contribution in [2.45, 2.75) is 11.9 Å². The van der Waals surface area contributed by atoms with Gasteiger partial charge in [0.15, 0.2) is 0 Å². The fraction of sp³-hybridized carbons (Fsp3) is 0.105. The van der Waals surface area contributed by atoms with Gasteiger partial charge in [0.1, 0.15) is 5.82 Å². The number of rotatable bonds is 4. The Morgan fingerprint density at radius 1 is 1.00 bits per heavy atom. The maximum atomic E-state index is 14.2. The highest BCUT2D eigenvalue weighted by atomic mass is 32.2. The van der Waals surface area contributed by atoms with E-state index in [1.54, 1.807) is 12.1 Å². The summed E-state index contributed by atoms with van der Waals surface area (Å²) < 4.78 is 73.9. The number of pyridine rings is 1. The van der Waals surface area contributed by atoms with Crippen LogP contribution in [-0.2, 0) is 23.0 Å². The highest BCUT2D eigenvalue weighted by molar-refractivity contribution is 7.78. The van der Waals surface area contributed by atoms with E-state index in [0.717, 1.165) is 18.2 Å². The molecule has 0 bridgehead atoms. The van der Waals surface area contributed by atoms with E-state index in [-0.39, 0.29) is 5.56 Å². The Kier molecular flexibility index (Phi) is 5.38. The van der Waals surface area contributed by atoms with Crippen LogP contribution in [-0.4, -0.2) is 13.7 Å². The van der Waals surface area contributed by atoms with Crippen LogP contribution in [0.5, 0.6) is 0 Å². The zero-order valence-electron chi connectivity index (χ0n) is 13.7. The maximum Gasteiger partial charge on any atom is 0.416 e. The number of hydrogen-bond donors (Lipinski definition) is 0. The first-order valence-corrected chi connectivity index (χ1v) is 8.97. The third-order valence-corrected chi connectivity index (χ3v) is 4.48. The van der Waals surface area contributed by atoms with E-state index >= 15 is 0 Å². The van der Waals surface area contributed by atoms with Crippen molar-refractivity contribution >= 4 is 11.1 Å². The predicted octanol–water partition coefficient (Wildman–Crippen LogP) is 4.95. The van der Waals surface area contributed by atoms with Gasteiger partial charge in [-0.25, -0.2) is 4.39 Å². The van der Waals surface area contributed by atoms with Crippen LogP contribution in [0.15, 0.2) is 60.8 Å². The maximum absolute atomic E-state index is 14.2. The van der Waals surface area contributed by atoms with Gasteiger partial charge in [-0.2, -0.15) is 13.2 Å². The Morgan fingerprint density at radius 2 is 1.67 bits per heavy atom. The zero-order valence-corrected chi connectivity index (χ0v) is 14.5. The summed E-state index contributed by atoms with van der Waals surface area (Å²) >= 11 is -2.42. The third-order valence-electron chi connectivity index (χ3n) is 3.93. The molecule has 27 heavy (non-hydrogen) atoms. The van der Waals surface area contributed by atoms with Gasteiger partial charge in [-0.15, -0.1) is 0 Å². The molecule has 140 valence electrons. The lowest BCUT2D eigenvalue weighted by Crippen LogP contribution is -2.04. The van der Waals surface area contributed by atoms with E-state index in [4.69, 9.17) is 0 Å². The summed E-state index contributed by atoms with van der Waals surface area (Å²) in [5, 5.41) is 0. The second-order valence-electron chi connectivity index (χ2n) is 5.73. The largest absolute Gasteiger partial charge is 0.772 e. The molecule has 8 heteroatoms. The molecule has 0 spiro atoms. The molecule has 0 aliphatic heterocycles. The second kappa shape index (κ2) is 7.58. The molecule has 0 amide bonds. The normalized spacial score (nSPS) is 12.8. The van der Waals surface area contributed by atoms with Gasteiger partial charge in [-0.05, 0) is 35.4 Å². The quantitative estimate of drug-likeness (QED) is 0.465. The standard InChI is InChI=1S/C19H13F4NO2S/c20-17-10-13(3-4-14(17)11-27(25)26)18-16(2-1-9-24-18)12-5-7-15(8-6-12)19(21,22)23/h1-10H,11H2,(H,25,26)/p-1. The summed E-state index contributed by atoms with van der Waals surface area (Å²) in [4.78, 5) is 4.22. The monoisotopic (exact) mass is 394 g/mol. The van der Waals surface area contributed by atoms with Crippen molar-refractivity contribution in [2.75, 3.05) is 0 Å². The zero-order chi connectivity index (χ0) is 19.6. The van der Waals surface area contributed by atoms with Crippen molar-refractivity contribution in [2.24, 2.45) is 0 Å². The number of aromatic nitrogens is 1. The lowest BCUT2D eigenvalue weighted by Gasteiger charge is -2.12. The Balaban J connectivity index is 2.02. The minimum atomic E-state index is -4.43. The molecule has 3 aromatic rings. The summed E-state index contributed by atoms with van der Waals surface area (Å²) in [5.41, 5.74) is 1.06. The van der Waals surface area contributed by atoms with Crippen LogP contribution in [0, 0.1) is 5.82 Å². The average Bonchev–Trinajstić information content (AvgIpc) is 2.62. The number of nitrogens with zero attached hydrogens (tertiary/aromatic N) is 1. The molecule has 3 nitrogen and oxygen atoms in total. The minimum absolute atomic E-state index is 0.0269. The molecular weight excluding hydrogens is 382 g/mol. The highest BCUT2D eigenvalue weighted by Crippen LogP contribution is 2.34. The third kappa shape index (κ3) is 4.40. The number of hydrogen-bond acceptors (Lipinski definition) is 3. The highest BCUT2D eigenvalue weighted by Gasteiger charge is 2.30. The van der Waals surface area contributed by atoms with E-state index in [1.165, 1.54) is 30.5 Å². The van der Waals surface area contributed by atoms with Crippen molar-refractivity contribution in [1.29, 1.82) is 0 Å². The summed E-state index contributed by atoms with van der Waals surface area (Å²) in [7, 11) is 0. The first-order valence-electron chi connectivity index (χ1n) is 7.73. The van der Waals surface area contributed by atoms with E-state index in [2.05, 4.69) is 4.98 Å². The van der Waals surface area contributed by atoms with Crippen molar-refractivity contribution in [3.63, 3.8) is 0 Å². The van der Waals surface area contributed by atoms with Crippen LogP contribution in [0.25, 0.3) is 22.4 Å². The van der Waals surface area contributed by atoms with E-state index in [9.17, 15) is 26.3 Å². The molecule has 3 rings (SSSR count). The van der Waals surface area contributed by atoms with E-state index in [0.29, 0.717) is 22.4 Å². The van der Waals surface area contributed by atoms with Gasteiger partial charge in [0.2, 0.25) is 0 Å². The Morgan fingerprint density at radius 3 is 2.26 bits per heavy atom. The fourth-order valence-electron chi connectivity index (χ4n) is 2.65. The molecule has 1 heterocycles. The summed E-state index contributed by atoms with van der Waals surface area (Å²) in [6, 6.07) is 11.9. The molecule has 1 atom stereocenters. The molecule has 0 radical (unpaired) electrons. The van der Waals surface area contributed by atoms with Crippen LogP contribution in [0.1, 0.15) is 11.1 Å². The summed E-state index contributed by atoms with van der Waals surface area (Å²) in [6.07, 6.45) is -2.95. The molecule has 0 saturated carbocycles. The summed E-state index contributed by atoms with van der Waals surface area (Å²) in [5.74, 6) is -1.14. The topological polar surface area (TPSA) is 53.0 Å². The molecule has 0 aliphatic rings. The van der Waals surface area contributed by atoms with Crippen LogP contribution < -0.4 is 0 Å². The molecule has 2 aromatic carbocycles. The number of benzene rings is 2. The average molecular weight is 394 g/mol. The van der Waals surface area contributed by atoms with Gasteiger partial charge in [0.05, 0.1) is 11.3 Å². The molecule has 1 aromatic heterocycles. The fourth-order valence-corrected chi connectivity index (χ4v) is 3.13. The smallest absolute Gasteiger partial charge is 0.416 e. The van der Waals surface area contributed by atoms with Crippen LogP contribution in [0.2, 0.25) is 0 Å². The molecule has 0 N–H and O–H groups in total. The molecule has 0 aliphatic carbocycles. The SMILES string of the molecule is O=S([O-])Cc1ccc(-c2ncccc2-c2ccc(C(F)(F)F)cc2)cc1F. The van der Waals surface area contributed by atoms with Crippen LogP contribution in [0.3, 0.4) is 0 Å². The van der Waals surface area contributed by atoms with Crippen molar-refractivity contribution in [3.05, 3.63) is 77.7 Å². The molecule has 1 unspecified atom stereocenters. The first kappa shape index (κ1) is 19.2. The van der Waals surface area contributed by atoms with Gasteiger partial charge in [0.25, 0.3) is 0 Å². The lowest BCUT2D eigenvalue weighted by atomic mass is 9.98. The van der Waals surface area contributed by atoms with Crippen LogP contribution >= 0.6 is 0 Å². The van der Waals surface area contributed by atoms with E-state index in [1.807, 2.05) is 0 Å². The minimum Gasteiger partial charge on any atom is -0.772 e. The molecule has 0 fully saturated rings. The van der Waals surface area contributed by atoms with Crippen molar-refractivity contribution in [1.82, 2.24) is 4.98 Å². The Hall–Kier alpha value is -2.58. The van der Waals surface area contributed by atoms with Gasteiger partial charge >= 0.3 is 6.18 Å². The second-order valence-corrected chi connectivity index (χ2v) is 6.63. The van der Waals surface area contributed by atoms with Gasteiger partial charge in [-0.1, -0.05) is 41.4 Å². The van der Waals surface area contributed by atoms with Gasteiger partial charge in [-0.3, -0.25) is 9.19 Å². The van der Waals surface area contributed by atoms with Gasteiger partial charge < -0.3 is 4.55 Å². The number of halogens is 4. The van der Waals surface area contributed by atoms with Crippen molar-refractivity contribution < 1.29 is 26.3 Å². The van der Waals surface area contributed by atoms with Crippen LogP contribution in [0.4, 0.5) is 17.6 Å². The summed E-state index contributed by atoms with van der Waals surface area (Å²) in [6.45, 7) is 0. The Labute approximate surface area is 155 Å². The van der Waals surface area contributed by atoms with Gasteiger partial charge in [0, 0.05) is 23.1 Å². The van der Waals surface area contributed by atoms with E-state index < -0.39 is 34.4 Å². The predicted molar refractivity (Wildman–Crippen MR) is 92.7 cm³/mol. The Bertz CT molecular complexity index is 988. The first-order chi connectivity index (χ1) is 12.8. The molecule has 0 saturated heterocycles. The lowest BCUT2D eigenvalue weighted by molar-refractivity contribution is -0.137. The molecular formula is C19H12F4NO2S-. The number of alkyl halides is 3.